The van der Waals surface area contributed by atoms with Crippen molar-refractivity contribution in [2.45, 2.75) is 25.8 Å². The van der Waals surface area contributed by atoms with Crippen molar-refractivity contribution < 1.29 is 9.53 Å². The molecule has 2 N–H and O–H groups in total. The van der Waals surface area contributed by atoms with E-state index in [9.17, 15) is 4.79 Å². The predicted octanol–water partition coefficient (Wildman–Crippen LogP) is 2.21. The second kappa shape index (κ2) is 8.97. The van der Waals surface area contributed by atoms with Gasteiger partial charge >= 0.3 is 5.97 Å². The Bertz CT molecular complexity index is 517. The molecule has 1 aromatic carbocycles. The molecule has 0 saturated heterocycles. The first kappa shape index (κ1) is 18.7. The largest absolute Gasteiger partial charge is 0.465 e. The van der Waals surface area contributed by atoms with E-state index in [1.54, 1.807) is 19.2 Å². The van der Waals surface area contributed by atoms with Gasteiger partial charge in [0.15, 0.2) is 5.96 Å². The van der Waals surface area contributed by atoms with Crippen LogP contribution in [0.5, 0.6) is 0 Å². The van der Waals surface area contributed by atoms with E-state index in [0.29, 0.717) is 11.6 Å². The molecule has 22 heavy (non-hydrogen) atoms. The third-order valence-electron chi connectivity index (χ3n) is 3.74. The highest BCUT2D eigenvalue weighted by molar-refractivity contribution is 14.0. The van der Waals surface area contributed by atoms with Crippen LogP contribution in [0.1, 0.15) is 29.3 Å². The lowest BCUT2D eigenvalue weighted by Gasteiger charge is -2.11. The summed E-state index contributed by atoms with van der Waals surface area (Å²) >= 11 is 0. The Morgan fingerprint density at radius 2 is 2.00 bits per heavy atom. The number of carbonyl (C=O) groups is 1. The average Bonchev–Trinajstić information content (AvgIpc) is 3.21. The van der Waals surface area contributed by atoms with E-state index in [2.05, 4.69) is 27.3 Å². The van der Waals surface area contributed by atoms with E-state index in [1.165, 1.54) is 19.1 Å². The fourth-order valence-electron chi connectivity index (χ4n) is 2.14. The van der Waals surface area contributed by atoms with Crippen LogP contribution in [-0.4, -0.2) is 38.7 Å². The van der Waals surface area contributed by atoms with Gasteiger partial charge in [-0.25, -0.2) is 4.79 Å². The first-order valence-electron chi connectivity index (χ1n) is 7.28. The zero-order valence-electron chi connectivity index (χ0n) is 13.3. The second-order valence-corrected chi connectivity index (χ2v) is 5.40. The van der Waals surface area contributed by atoms with Crippen molar-refractivity contribution >= 4 is 35.9 Å². The van der Waals surface area contributed by atoms with Gasteiger partial charge in [-0.05, 0) is 36.5 Å². The monoisotopic (exact) mass is 417 g/mol. The topological polar surface area (TPSA) is 62.7 Å². The summed E-state index contributed by atoms with van der Waals surface area (Å²) in [7, 11) is 3.17. The van der Waals surface area contributed by atoms with Gasteiger partial charge in [-0.3, -0.25) is 4.99 Å². The Labute approximate surface area is 148 Å². The van der Waals surface area contributed by atoms with Crippen LogP contribution in [0.4, 0.5) is 0 Å². The van der Waals surface area contributed by atoms with E-state index in [4.69, 9.17) is 0 Å². The van der Waals surface area contributed by atoms with Crippen LogP contribution in [-0.2, 0) is 11.2 Å². The molecule has 0 aromatic heterocycles. The zero-order valence-corrected chi connectivity index (χ0v) is 15.6. The van der Waals surface area contributed by atoms with Gasteiger partial charge in [0.1, 0.15) is 0 Å². The Balaban J connectivity index is 0.00000242. The number of aliphatic imine (C=N–C) groups is 1. The number of carbonyl (C=O) groups excluding carboxylic acids is 1. The molecular formula is C16H24IN3O2. The fourth-order valence-corrected chi connectivity index (χ4v) is 2.14. The second-order valence-electron chi connectivity index (χ2n) is 5.40. The van der Waals surface area contributed by atoms with Gasteiger partial charge in [0.05, 0.1) is 12.7 Å². The molecule has 1 aromatic rings. The fraction of sp³-hybridized carbons (Fsp3) is 0.500. The lowest BCUT2D eigenvalue weighted by atomic mass is 10.1. The number of nitrogens with one attached hydrogen (secondary N) is 2. The van der Waals surface area contributed by atoms with E-state index in [-0.39, 0.29) is 29.9 Å². The molecule has 1 saturated carbocycles. The van der Waals surface area contributed by atoms with Gasteiger partial charge in [0.25, 0.3) is 0 Å². The van der Waals surface area contributed by atoms with Crippen molar-refractivity contribution in [1.82, 2.24) is 10.6 Å². The van der Waals surface area contributed by atoms with Crippen molar-refractivity contribution in [3.63, 3.8) is 0 Å². The van der Waals surface area contributed by atoms with Crippen molar-refractivity contribution in [3.8, 4) is 0 Å². The molecule has 0 spiro atoms. The van der Waals surface area contributed by atoms with Crippen LogP contribution < -0.4 is 10.6 Å². The van der Waals surface area contributed by atoms with Crippen LogP contribution in [0.3, 0.4) is 0 Å². The quantitative estimate of drug-likeness (QED) is 0.334. The molecule has 0 radical (unpaired) electrons. The highest BCUT2D eigenvalue weighted by Crippen LogP contribution is 2.28. The number of benzene rings is 1. The number of methoxy groups -OCH3 is 1. The first-order valence-corrected chi connectivity index (χ1v) is 7.28. The molecule has 6 heteroatoms. The molecule has 1 aliphatic rings. The molecule has 0 bridgehead atoms. The third-order valence-corrected chi connectivity index (χ3v) is 3.74. The molecule has 2 unspecified atom stereocenters. The van der Waals surface area contributed by atoms with Crippen LogP contribution in [0.2, 0.25) is 0 Å². The van der Waals surface area contributed by atoms with Gasteiger partial charge in [-0.1, -0.05) is 19.1 Å². The van der Waals surface area contributed by atoms with Crippen molar-refractivity contribution in [1.29, 1.82) is 0 Å². The molecule has 2 rings (SSSR count). The molecule has 1 aliphatic carbocycles. The number of guanidine groups is 1. The summed E-state index contributed by atoms with van der Waals surface area (Å²) in [5.41, 5.74) is 1.75. The van der Waals surface area contributed by atoms with Crippen LogP contribution in [0.25, 0.3) is 0 Å². The molecule has 122 valence electrons. The molecule has 0 amide bonds. The molecule has 5 nitrogen and oxygen atoms in total. The van der Waals surface area contributed by atoms with Gasteiger partial charge in [-0.2, -0.15) is 0 Å². The SMILES string of the molecule is CN=C(NCCc1ccc(C(=O)OC)cc1)NC1CC1C.I. The maximum Gasteiger partial charge on any atom is 0.337 e. The van der Waals surface area contributed by atoms with E-state index < -0.39 is 0 Å². The lowest BCUT2D eigenvalue weighted by molar-refractivity contribution is 0.0600. The van der Waals surface area contributed by atoms with E-state index in [0.717, 1.165) is 24.8 Å². The van der Waals surface area contributed by atoms with Crippen molar-refractivity contribution in [2.75, 3.05) is 20.7 Å². The zero-order chi connectivity index (χ0) is 15.2. The predicted molar refractivity (Wildman–Crippen MR) is 99.0 cm³/mol. The Hall–Kier alpha value is -1.31. The van der Waals surface area contributed by atoms with Gasteiger partial charge < -0.3 is 15.4 Å². The van der Waals surface area contributed by atoms with Crippen LogP contribution in [0, 0.1) is 5.92 Å². The standard InChI is InChI=1S/C16H23N3O2.HI/c1-11-10-14(11)19-16(17-2)18-9-8-12-4-6-13(7-5-12)15(20)21-3;/h4-7,11,14H,8-10H2,1-3H3,(H2,17,18,19);1H. The van der Waals surface area contributed by atoms with Crippen molar-refractivity contribution in [3.05, 3.63) is 35.4 Å². The minimum Gasteiger partial charge on any atom is -0.465 e. The van der Waals surface area contributed by atoms with Gasteiger partial charge in [-0.15, -0.1) is 24.0 Å². The number of nitrogens with zero attached hydrogens (tertiary/aromatic N) is 1. The molecular weight excluding hydrogens is 393 g/mol. The number of ether oxygens (including phenoxy) is 1. The van der Waals surface area contributed by atoms with E-state index >= 15 is 0 Å². The summed E-state index contributed by atoms with van der Waals surface area (Å²) in [5.74, 6) is 1.30. The Morgan fingerprint density at radius 1 is 1.36 bits per heavy atom. The van der Waals surface area contributed by atoms with Crippen LogP contribution in [0.15, 0.2) is 29.3 Å². The number of hydrogen-bond donors (Lipinski definition) is 2. The summed E-state index contributed by atoms with van der Waals surface area (Å²) in [4.78, 5) is 15.6. The minimum absolute atomic E-state index is 0. The molecule has 2 atom stereocenters. The summed E-state index contributed by atoms with van der Waals surface area (Å²) in [5, 5.41) is 6.69. The highest BCUT2D eigenvalue weighted by Gasteiger charge is 2.33. The summed E-state index contributed by atoms with van der Waals surface area (Å²) < 4.78 is 4.68. The summed E-state index contributed by atoms with van der Waals surface area (Å²) in [6.07, 6.45) is 2.10. The Morgan fingerprint density at radius 3 is 2.50 bits per heavy atom. The molecule has 1 fully saturated rings. The van der Waals surface area contributed by atoms with Crippen molar-refractivity contribution in [2.24, 2.45) is 10.9 Å². The average molecular weight is 417 g/mol. The number of halogens is 1. The van der Waals surface area contributed by atoms with Gasteiger partial charge in [0, 0.05) is 19.6 Å². The number of hydrogen-bond acceptors (Lipinski definition) is 3. The molecule has 0 heterocycles. The third kappa shape index (κ3) is 5.47. The number of rotatable bonds is 5. The first-order chi connectivity index (χ1) is 10.1. The Kier molecular flexibility index (Phi) is 7.64. The minimum atomic E-state index is -0.303. The van der Waals surface area contributed by atoms with Crippen LogP contribution >= 0.6 is 24.0 Å². The maximum atomic E-state index is 11.3. The maximum absolute atomic E-state index is 11.3. The normalized spacial score (nSPS) is 19.9. The summed E-state index contributed by atoms with van der Waals surface area (Å²) in [6, 6.07) is 8.05. The van der Waals surface area contributed by atoms with Gasteiger partial charge in [0.2, 0.25) is 0 Å². The van der Waals surface area contributed by atoms with E-state index in [1.807, 2.05) is 12.1 Å². The lowest BCUT2D eigenvalue weighted by Crippen LogP contribution is -2.39. The highest BCUT2D eigenvalue weighted by atomic mass is 127. The smallest absolute Gasteiger partial charge is 0.337 e. The molecule has 0 aliphatic heterocycles. The number of esters is 1. The summed E-state index contributed by atoms with van der Waals surface area (Å²) in [6.45, 7) is 3.03.